The number of ether oxygens (including phenoxy) is 2. The number of allylic oxidation sites excluding steroid dienone is 2. The van der Waals surface area contributed by atoms with Crippen LogP contribution in [0.3, 0.4) is 0 Å². The molecule has 4 aliphatic rings. The predicted molar refractivity (Wildman–Crippen MR) is 509 cm³/mol. The Morgan fingerprint density at radius 1 is 0.271 bits per heavy atom. The number of aryl methyl sites for hydroxylation is 13. The third-order valence-corrected chi connectivity index (χ3v) is 25.0. The van der Waals surface area contributed by atoms with Gasteiger partial charge in [-0.25, -0.2) is 22.8 Å². The van der Waals surface area contributed by atoms with Gasteiger partial charge in [-0.15, -0.1) is 0 Å². The van der Waals surface area contributed by atoms with Crippen LogP contribution in [0.25, 0.3) is 23.3 Å². The van der Waals surface area contributed by atoms with E-state index in [0.29, 0.717) is 39.3 Å². The molecule has 0 amide bonds. The van der Waals surface area contributed by atoms with Gasteiger partial charge in [-0.2, -0.15) is 0 Å². The van der Waals surface area contributed by atoms with Crippen LogP contribution in [0.15, 0.2) is 218 Å². The number of carbonyl (C=O) groups is 4. The van der Waals surface area contributed by atoms with Crippen molar-refractivity contribution in [1.29, 1.82) is 0 Å². The topological polar surface area (TPSA) is 421 Å². The van der Waals surface area contributed by atoms with Crippen LogP contribution in [0.2, 0.25) is 0 Å². The Bertz CT molecular complexity index is 6910. The van der Waals surface area contributed by atoms with Crippen molar-refractivity contribution >= 4 is 85.9 Å². The number of benzene rings is 12. The summed E-state index contributed by atoms with van der Waals surface area (Å²) in [5.41, 5.74) is 28.5. The van der Waals surface area contributed by atoms with Gasteiger partial charge in [0.15, 0.2) is 11.6 Å². The minimum atomic E-state index is -4.81. The van der Waals surface area contributed by atoms with Gasteiger partial charge in [-0.1, -0.05) is 163 Å². The zero-order chi connectivity index (χ0) is 96.0. The molecule has 133 heavy (non-hydrogen) atoms. The van der Waals surface area contributed by atoms with E-state index in [-0.39, 0.29) is 77.4 Å². The summed E-state index contributed by atoms with van der Waals surface area (Å²) in [5.74, 6) is -1.84. The van der Waals surface area contributed by atoms with E-state index in [1.165, 1.54) is 55.8 Å². The Hall–Kier alpha value is -11.9. The van der Waals surface area contributed by atoms with Gasteiger partial charge in [0.2, 0.25) is 0 Å². The maximum absolute atomic E-state index is 13.7. The molecule has 0 fully saturated rings. The van der Waals surface area contributed by atoms with E-state index in [9.17, 15) is 71.4 Å². The van der Waals surface area contributed by atoms with Crippen LogP contribution in [0.4, 0.5) is 0 Å². The molecule has 4 aliphatic carbocycles. The van der Waals surface area contributed by atoms with Crippen molar-refractivity contribution < 1.29 is 123 Å². The van der Waals surface area contributed by atoms with E-state index >= 15 is 0 Å². The van der Waals surface area contributed by atoms with Crippen molar-refractivity contribution in [2.24, 2.45) is 0 Å². The molecule has 0 heterocycles. The number of rotatable bonds is 20. The third-order valence-electron chi connectivity index (χ3n) is 22.7. The van der Waals surface area contributed by atoms with Crippen molar-refractivity contribution in [2.75, 3.05) is 0 Å². The van der Waals surface area contributed by atoms with E-state index < -0.39 is 56.9 Å². The van der Waals surface area contributed by atoms with Gasteiger partial charge in [0.25, 0.3) is 0 Å². The lowest BCUT2D eigenvalue weighted by Gasteiger charge is -2.23. The molecule has 12 aromatic rings. The minimum absolute atomic E-state index is 0. The maximum atomic E-state index is 13.7. The monoisotopic (exact) mass is 1900 g/mol. The maximum Gasteiger partial charge on any atom is 0.524 e. The minimum Gasteiger partial charge on any atom is -0.427 e. The van der Waals surface area contributed by atoms with Crippen molar-refractivity contribution in [2.45, 2.75) is 147 Å². The van der Waals surface area contributed by atoms with Gasteiger partial charge in [0.05, 0.1) is 11.8 Å². The number of esters is 2. The average Bonchev–Trinajstić information content (AvgIpc) is 1.59. The molecule has 31 heteroatoms. The summed E-state index contributed by atoms with van der Waals surface area (Å²) in [6, 6.07) is 65.8. The molecular formula is C102H103O26P5. The summed E-state index contributed by atoms with van der Waals surface area (Å²) in [6.45, 7) is 28.1. The van der Waals surface area contributed by atoms with Gasteiger partial charge in [-0.05, 0) is 321 Å². The number of Topliss-reactive ketones (excluding diaryl/α,β-unsaturated/α-hetero) is 2. The molecule has 0 spiro atoms. The molecule has 0 saturated heterocycles. The van der Waals surface area contributed by atoms with E-state index in [1.54, 1.807) is 61.5 Å². The third kappa shape index (κ3) is 24.6. The van der Waals surface area contributed by atoms with Crippen molar-refractivity contribution in [1.82, 2.24) is 0 Å². The first-order valence-corrected chi connectivity index (χ1v) is 49.3. The molecule has 0 aromatic heterocycles. The van der Waals surface area contributed by atoms with Gasteiger partial charge in [0.1, 0.15) is 40.2 Å². The quantitative estimate of drug-likeness (QED) is 0.0192. The van der Waals surface area contributed by atoms with E-state index in [2.05, 4.69) is 82.7 Å². The lowest BCUT2D eigenvalue weighted by atomic mass is 9.80. The smallest absolute Gasteiger partial charge is 0.427 e. The normalized spacial score (nSPS) is 16.4. The second-order valence-corrected chi connectivity index (χ2v) is 39.7. The largest absolute Gasteiger partial charge is 0.524 e. The summed E-state index contributed by atoms with van der Waals surface area (Å²) in [7, 11) is -23.6. The second kappa shape index (κ2) is 39.8. The number of hydrogen-bond donors (Lipinski definition) is 10. The number of carbonyl (C=O) groups excluding carboxylic acids is 4. The molecule has 0 saturated carbocycles. The molecule has 692 valence electrons. The fraction of sp³-hybridized carbons (Fsp3) is 0.216. The molecule has 12 aromatic carbocycles. The first-order valence-electron chi connectivity index (χ1n) is 41.7. The average molecular weight is 1900 g/mol. The standard InChI is InChI=1S/C28H26O4.C25H25O5P.C24H24O9P2.C24H24O8P2.CH4/c1-16-6-8-21(9-7-16)25-15-23-11-18(3)13-26(32-20(5)30)28(23)27(25)22-10-17(2)12-24(14-22)31-19(4)29;1-14-5-7-18(8-6-14)24-23(22-17(4)9-15(2)12-21(22)25(24)26)19-10-16(3)11-20(13-19)30-31(27,28)29;1-13-8-15(3)21-20(11-13)24(25)23(17-9-14(2)10-19(12-17)33-35(29,30)31)22(21)16-4-6-18(7-5-16)32-34(26,27)28;1-14-8-16(3)23-19(9-14)13-22(17-4-6-20(7-5-17)31-33(25,26)27)24(23)18-10-15(2)11-21(12-18)32-34(28,29)30;/h6-15,27H,1-5H3;5-13,23-24H,1-4H3,(H2,27,28,29);4-12,22-23H,1-3H3,(H2,26,27,28)(H2,29,30,31);4-13,24H,1-3H3,(H2,25,26,27)(H2,28,29,30);1H4/t27-;23-,24+;22-,23+;24-;/m0110./s1. The summed E-state index contributed by atoms with van der Waals surface area (Å²) < 4.78 is 91.6. The molecule has 0 radical (unpaired) electrons. The highest BCUT2D eigenvalue weighted by molar-refractivity contribution is 7.47. The highest BCUT2D eigenvalue weighted by Crippen LogP contribution is 2.57. The highest BCUT2D eigenvalue weighted by Gasteiger charge is 2.46. The molecule has 0 unspecified atom stereocenters. The lowest BCUT2D eigenvalue weighted by molar-refractivity contribution is -0.132. The van der Waals surface area contributed by atoms with Crippen LogP contribution in [-0.2, 0) is 32.4 Å². The molecule has 10 N–H and O–H groups in total. The van der Waals surface area contributed by atoms with Crippen LogP contribution < -0.4 is 32.1 Å². The summed E-state index contributed by atoms with van der Waals surface area (Å²) >= 11 is 0. The molecule has 6 atom stereocenters. The number of ketones is 2. The molecule has 0 bridgehead atoms. The van der Waals surface area contributed by atoms with Gasteiger partial charge in [0, 0.05) is 54.2 Å². The Morgan fingerprint density at radius 2 is 0.556 bits per heavy atom. The summed E-state index contributed by atoms with van der Waals surface area (Å²) in [4.78, 5) is 143. The number of fused-ring (bicyclic) bond motifs is 4. The number of hydrogen-bond acceptors (Lipinski definition) is 16. The summed E-state index contributed by atoms with van der Waals surface area (Å²) in [6.07, 6.45) is 4.23. The van der Waals surface area contributed by atoms with Crippen molar-refractivity contribution in [3.8, 4) is 40.2 Å². The fourth-order valence-electron chi connectivity index (χ4n) is 18.4. The Balaban J connectivity index is 0.000000160. The Morgan fingerprint density at radius 3 is 0.970 bits per heavy atom. The van der Waals surface area contributed by atoms with Crippen LogP contribution in [0.5, 0.6) is 40.2 Å². The zero-order valence-corrected chi connectivity index (χ0v) is 79.1. The predicted octanol–water partition coefficient (Wildman–Crippen LogP) is 22.2. The van der Waals surface area contributed by atoms with E-state index in [4.69, 9.17) is 42.6 Å². The second-order valence-electron chi connectivity index (χ2n) is 33.9. The highest BCUT2D eigenvalue weighted by atomic mass is 31.2. The van der Waals surface area contributed by atoms with Gasteiger partial charge < -0.3 is 32.1 Å². The number of phosphoric ester groups is 5. The molecule has 16 rings (SSSR count). The number of phosphoric acid groups is 5. The van der Waals surface area contributed by atoms with E-state index in [0.717, 1.165) is 139 Å². The summed E-state index contributed by atoms with van der Waals surface area (Å²) in [5, 5.41) is 0. The van der Waals surface area contributed by atoms with Crippen molar-refractivity contribution in [3.63, 3.8) is 0 Å². The zero-order valence-electron chi connectivity index (χ0n) is 74.6. The van der Waals surface area contributed by atoms with Gasteiger partial charge >= 0.3 is 51.1 Å². The molecular weight excluding hydrogens is 1800 g/mol. The van der Waals surface area contributed by atoms with Crippen molar-refractivity contribution in [3.05, 3.63) is 380 Å². The van der Waals surface area contributed by atoms with Crippen LogP contribution >= 0.6 is 39.1 Å². The fourth-order valence-corrected chi connectivity index (χ4v) is 20.3. The van der Waals surface area contributed by atoms with Crippen LogP contribution in [0, 0.1) is 90.0 Å². The van der Waals surface area contributed by atoms with Crippen LogP contribution in [-0.4, -0.2) is 72.4 Å². The lowest BCUT2D eigenvalue weighted by Crippen LogP contribution is -2.14. The Kier molecular flexibility index (Phi) is 29.9. The first kappa shape index (κ1) is 100. The molecule has 0 aliphatic heterocycles. The van der Waals surface area contributed by atoms with E-state index in [1.807, 2.05) is 149 Å². The SMILES string of the molecule is C.CC(=O)Oc1cc(C)cc([C@H]2C(c3ccc(C)cc3)=Cc3cc(C)cc(OC(C)=O)c32)c1.Cc1cc(OP(=O)(O)O)cc([C@@H]2C(=O)c3cc(C)cc(C)c3[C@H]2c2ccc(OP(=O)(O)O)cc2)c1.Cc1cc(OP(=O)(O)O)cc([C@H]2C(c3ccc(OP(=O)(O)O)cc3)=Cc3cc(C)cc(C)c32)c1.Cc1ccc([C@@H]2C(=O)c3cc(C)cc(C)c3[C@H]2c2cc(C)cc(OP(=O)(O)O)c2)cc1. The van der Waals surface area contributed by atoms with Gasteiger partial charge in [-0.3, -0.25) is 68.1 Å². The Labute approximate surface area is 771 Å². The first-order chi connectivity index (χ1) is 61.7. The van der Waals surface area contributed by atoms with Crippen LogP contribution in [0.1, 0.15) is 228 Å². The molecule has 26 nitrogen and oxygen atoms in total.